The highest BCUT2D eigenvalue weighted by molar-refractivity contribution is 7.99. The minimum atomic E-state index is -0.205. The average molecular weight is 340 g/mol. The van der Waals surface area contributed by atoms with E-state index in [1.165, 1.54) is 6.20 Å². The molecule has 0 spiro atoms. The molecular formula is C17H16N4O2S. The van der Waals surface area contributed by atoms with E-state index in [2.05, 4.69) is 15.0 Å². The standard InChI is InChI=1S/C17H16N4O2S/c1-2-23-15-12-10-24-17(11-6-4-3-5-7-11)21(12)16(22)13-14(20-15)19-9-8-18-13/h3-9,12,17H,2,10H2,1H3/t12-,17+/m0/s1. The van der Waals surface area contributed by atoms with Gasteiger partial charge < -0.3 is 9.64 Å². The monoisotopic (exact) mass is 340 g/mol. The van der Waals surface area contributed by atoms with E-state index in [9.17, 15) is 4.79 Å². The Morgan fingerprint density at radius 2 is 2.04 bits per heavy atom. The summed E-state index contributed by atoms with van der Waals surface area (Å²) in [6.45, 7) is 2.40. The number of hydrogen-bond acceptors (Lipinski definition) is 6. The minimum Gasteiger partial charge on any atom is -0.479 e. The van der Waals surface area contributed by atoms with Crippen molar-refractivity contribution in [1.82, 2.24) is 14.9 Å². The fraction of sp³-hybridized carbons (Fsp3) is 0.294. The Hall–Kier alpha value is -2.41. The van der Waals surface area contributed by atoms with Gasteiger partial charge in [0.15, 0.2) is 11.5 Å². The van der Waals surface area contributed by atoms with Gasteiger partial charge in [-0.2, -0.15) is 4.99 Å². The second-order valence-electron chi connectivity index (χ2n) is 5.44. The molecule has 2 aliphatic heterocycles. The lowest BCUT2D eigenvalue weighted by molar-refractivity contribution is 0.0715. The number of thioether (sulfide) groups is 1. The van der Waals surface area contributed by atoms with E-state index in [0.29, 0.717) is 18.3 Å². The number of ether oxygens (including phenoxy) is 1. The van der Waals surface area contributed by atoms with Gasteiger partial charge in [0.2, 0.25) is 5.90 Å². The number of fused-ring (bicyclic) bond motifs is 2. The highest BCUT2D eigenvalue weighted by Crippen LogP contribution is 2.44. The first kappa shape index (κ1) is 15.1. The smallest absolute Gasteiger partial charge is 0.278 e. The van der Waals surface area contributed by atoms with E-state index < -0.39 is 0 Å². The fourth-order valence-electron chi connectivity index (χ4n) is 2.96. The van der Waals surface area contributed by atoms with Crippen LogP contribution in [-0.4, -0.2) is 45.1 Å². The van der Waals surface area contributed by atoms with Gasteiger partial charge in [-0.1, -0.05) is 30.3 Å². The summed E-state index contributed by atoms with van der Waals surface area (Å²) in [6.07, 6.45) is 3.06. The first-order chi connectivity index (χ1) is 11.8. The van der Waals surface area contributed by atoms with Gasteiger partial charge in [0.25, 0.3) is 5.91 Å². The van der Waals surface area contributed by atoms with Crippen LogP contribution in [0.25, 0.3) is 0 Å². The first-order valence-corrected chi connectivity index (χ1v) is 8.86. The molecule has 2 atom stereocenters. The number of carbonyl (C=O) groups excluding carboxylic acids is 1. The predicted molar refractivity (Wildman–Crippen MR) is 92.4 cm³/mol. The lowest BCUT2D eigenvalue weighted by Crippen LogP contribution is -2.43. The van der Waals surface area contributed by atoms with Crippen LogP contribution in [0.3, 0.4) is 0 Å². The Labute approximate surface area is 144 Å². The van der Waals surface area contributed by atoms with Gasteiger partial charge in [-0.05, 0) is 12.5 Å². The van der Waals surface area contributed by atoms with Gasteiger partial charge in [0.1, 0.15) is 11.4 Å². The van der Waals surface area contributed by atoms with Crippen molar-refractivity contribution in [3.8, 4) is 0 Å². The van der Waals surface area contributed by atoms with Crippen molar-refractivity contribution in [3.63, 3.8) is 0 Å². The topological polar surface area (TPSA) is 67.7 Å². The molecule has 2 aliphatic rings. The second-order valence-corrected chi connectivity index (χ2v) is 6.55. The van der Waals surface area contributed by atoms with Crippen LogP contribution in [0.5, 0.6) is 0 Å². The summed E-state index contributed by atoms with van der Waals surface area (Å²) in [5, 5.41) is -0.0812. The molecule has 6 nitrogen and oxygen atoms in total. The van der Waals surface area contributed by atoms with Crippen molar-refractivity contribution in [2.24, 2.45) is 4.99 Å². The highest BCUT2D eigenvalue weighted by atomic mass is 32.2. The van der Waals surface area contributed by atoms with Gasteiger partial charge in [0.05, 0.1) is 6.61 Å². The molecule has 1 amide bonds. The van der Waals surface area contributed by atoms with Crippen molar-refractivity contribution in [2.75, 3.05) is 12.4 Å². The van der Waals surface area contributed by atoms with E-state index in [1.54, 1.807) is 18.0 Å². The number of aromatic nitrogens is 2. The third kappa shape index (κ3) is 2.45. The lowest BCUT2D eigenvalue weighted by atomic mass is 10.1. The van der Waals surface area contributed by atoms with E-state index >= 15 is 0 Å². The van der Waals surface area contributed by atoms with E-state index in [1.807, 2.05) is 42.2 Å². The molecule has 3 heterocycles. The minimum absolute atomic E-state index is 0.0812. The van der Waals surface area contributed by atoms with Crippen LogP contribution in [-0.2, 0) is 4.74 Å². The predicted octanol–water partition coefficient (Wildman–Crippen LogP) is 2.81. The van der Waals surface area contributed by atoms with Crippen LogP contribution in [0.1, 0.15) is 28.3 Å². The fourth-order valence-corrected chi connectivity index (χ4v) is 4.38. The number of carbonyl (C=O) groups is 1. The zero-order chi connectivity index (χ0) is 16.5. The van der Waals surface area contributed by atoms with Gasteiger partial charge in [-0.25, -0.2) is 9.97 Å². The number of hydrogen-bond donors (Lipinski definition) is 0. The molecule has 0 saturated carbocycles. The molecule has 0 N–H and O–H groups in total. The van der Waals surface area contributed by atoms with Crippen LogP contribution in [0, 0.1) is 0 Å². The third-order valence-electron chi connectivity index (χ3n) is 3.99. The Morgan fingerprint density at radius 1 is 1.25 bits per heavy atom. The van der Waals surface area contributed by atoms with Gasteiger partial charge in [-0.15, -0.1) is 11.8 Å². The zero-order valence-electron chi connectivity index (χ0n) is 13.1. The molecule has 0 radical (unpaired) electrons. The van der Waals surface area contributed by atoms with E-state index in [0.717, 1.165) is 11.3 Å². The molecule has 1 aromatic heterocycles. The molecule has 0 aliphatic carbocycles. The maximum Gasteiger partial charge on any atom is 0.278 e. The zero-order valence-corrected chi connectivity index (χ0v) is 13.9. The lowest BCUT2D eigenvalue weighted by Gasteiger charge is -2.28. The Balaban J connectivity index is 1.82. The normalized spacial score (nSPS) is 22.5. The van der Waals surface area contributed by atoms with Gasteiger partial charge in [-0.3, -0.25) is 4.79 Å². The van der Waals surface area contributed by atoms with E-state index in [4.69, 9.17) is 4.74 Å². The van der Waals surface area contributed by atoms with E-state index in [-0.39, 0.29) is 23.0 Å². The maximum atomic E-state index is 13.1. The number of aliphatic imine (C=N–C) groups is 1. The average Bonchev–Trinajstić information content (AvgIpc) is 3.02. The number of benzene rings is 1. The summed E-state index contributed by atoms with van der Waals surface area (Å²) in [7, 11) is 0. The summed E-state index contributed by atoms with van der Waals surface area (Å²) in [5.41, 5.74) is 1.36. The van der Waals surface area contributed by atoms with Crippen molar-refractivity contribution in [3.05, 3.63) is 54.0 Å². The van der Waals surface area contributed by atoms with Crippen LogP contribution >= 0.6 is 11.8 Å². The quantitative estimate of drug-likeness (QED) is 0.841. The number of nitrogens with zero attached hydrogens (tertiary/aromatic N) is 4. The highest BCUT2D eigenvalue weighted by Gasteiger charge is 2.45. The molecule has 4 rings (SSSR count). The summed E-state index contributed by atoms with van der Waals surface area (Å²) >= 11 is 1.71. The molecule has 7 heteroatoms. The number of amides is 1. The Morgan fingerprint density at radius 3 is 2.83 bits per heavy atom. The molecule has 1 aromatic carbocycles. The van der Waals surface area contributed by atoms with Crippen LogP contribution in [0.4, 0.5) is 5.82 Å². The summed E-state index contributed by atoms with van der Waals surface area (Å²) in [5.74, 6) is 1.45. The van der Waals surface area contributed by atoms with Crippen LogP contribution < -0.4 is 0 Å². The molecule has 0 unspecified atom stereocenters. The number of rotatable bonds is 2. The second kappa shape index (κ2) is 6.24. The van der Waals surface area contributed by atoms with Crippen molar-refractivity contribution in [1.29, 1.82) is 0 Å². The largest absolute Gasteiger partial charge is 0.479 e. The van der Waals surface area contributed by atoms with Crippen molar-refractivity contribution in [2.45, 2.75) is 18.3 Å². The van der Waals surface area contributed by atoms with Gasteiger partial charge >= 0.3 is 0 Å². The maximum absolute atomic E-state index is 13.1. The van der Waals surface area contributed by atoms with Crippen LogP contribution in [0.2, 0.25) is 0 Å². The van der Waals surface area contributed by atoms with Crippen molar-refractivity contribution >= 4 is 29.4 Å². The molecular weight excluding hydrogens is 324 g/mol. The van der Waals surface area contributed by atoms with Crippen LogP contribution in [0.15, 0.2) is 47.7 Å². The van der Waals surface area contributed by atoms with Gasteiger partial charge in [0, 0.05) is 18.1 Å². The molecule has 1 saturated heterocycles. The molecule has 1 fully saturated rings. The molecule has 122 valence electrons. The Kier molecular flexibility index (Phi) is 3.93. The molecule has 0 bridgehead atoms. The first-order valence-electron chi connectivity index (χ1n) is 7.81. The van der Waals surface area contributed by atoms with Crippen molar-refractivity contribution < 1.29 is 9.53 Å². The molecule has 24 heavy (non-hydrogen) atoms. The molecule has 2 aromatic rings. The third-order valence-corrected chi connectivity index (χ3v) is 5.32. The summed E-state index contributed by atoms with van der Waals surface area (Å²) in [4.78, 5) is 27.9. The summed E-state index contributed by atoms with van der Waals surface area (Å²) < 4.78 is 5.74. The summed E-state index contributed by atoms with van der Waals surface area (Å²) in [6, 6.07) is 9.80. The Bertz CT molecular complexity index is 796. The SMILES string of the molecule is CCOC1=Nc2nccnc2C(=O)N2[C@@H](c3ccccc3)SC[C@@H]12.